The van der Waals surface area contributed by atoms with Crippen molar-refractivity contribution in [3.8, 4) is 0 Å². The summed E-state index contributed by atoms with van der Waals surface area (Å²) in [5.74, 6) is -0.365. The molecule has 0 unspecified atom stereocenters. The maximum atomic E-state index is 13.6. The minimum atomic E-state index is -0.726. The highest BCUT2D eigenvalue weighted by Crippen LogP contribution is 2.28. The number of hydrogen-bond acceptors (Lipinski definition) is 4. The summed E-state index contributed by atoms with van der Waals surface area (Å²) in [6.07, 6.45) is 2.63. The van der Waals surface area contributed by atoms with Crippen molar-refractivity contribution in [3.05, 3.63) is 35.1 Å². The van der Waals surface area contributed by atoms with Crippen LogP contribution in [0.5, 0.6) is 0 Å². The minimum Gasteiger partial charge on any atom is -0.368 e. The molecule has 28 heavy (non-hydrogen) atoms. The van der Waals surface area contributed by atoms with Gasteiger partial charge in [0.1, 0.15) is 11.4 Å². The van der Waals surface area contributed by atoms with Gasteiger partial charge in [-0.15, -0.1) is 0 Å². The van der Waals surface area contributed by atoms with Crippen LogP contribution in [-0.2, 0) is 20.9 Å². The SMILES string of the molecule is COC1(C(=O)N2CCC(C(=O)NCc3ccc(C)c(F)c3)CC2)CCNCC1. The first kappa shape index (κ1) is 20.7. The number of ether oxygens (including phenoxy) is 1. The second kappa shape index (κ2) is 9.01. The molecule has 154 valence electrons. The highest BCUT2D eigenvalue weighted by molar-refractivity contribution is 5.86. The largest absolute Gasteiger partial charge is 0.368 e. The van der Waals surface area contributed by atoms with Crippen molar-refractivity contribution in [2.24, 2.45) is 5.92 Å². The summed E-state index contributed by atoms with van der Waals surface area (Å²) in [4.78, 5) is 27.3. The average Bonchev–Trinajstić information content (AvgIpc) is 2.74. The van der Waals surface area contributed by atoms with Gasteiger partial charge in [0.2, 0.25) is 5.91 Å². The first-order valence-corrected chi connectivity index (χ1v) is 10.0. The number of benzene rings is 1. The minimum absolute atomic E-state index is 0.0311. The van der Waals surface area contributed by atoms with Gasteiger partial charge in [-0.3, -0.25) is 9.59 Å². The molecule has 2 amide bonds. The summed E-state index contributed by atoms with van der Waals surface area (Å²) in [5.41, 5.74) is 0.613. The second-order valence-electron chi connectivity index (χ2n) is 7.82. The molecule has 2 saturated heterocycles. The van der Waals surface area contributed by atoms with E-state index in [0.29, 0.717) is 50.9 Å². The van der Waals surface area contributed by atoms with Crippen molar-refractivity contribution >= 4 is 11.8 Å². The highest BCUT2D eigenvalue weighted by Gasteiger charge is 2.43. The Morgan fingerprint density at radius 3 is 2.57 bits per heavy atom. The number of hydrogen-bond donors (Lipinski definition) is 2. The van der Waals surface area contributed by atoms with Gasteiger partial charge in [0.15, 0.2) is 0 Å². The predicted molar refractivity (Wildman–Crippen MR) is 104 cm³/mol. The van der Waals surface area contributed by atoms with Crippen LogP contribution in [0.15, 0.2) is 18.2 Å². The molecule has 0 atom stereocenters. The zero-order valence-corrected chi connectivity index (χ0v) is 16.7. The van der Waals surface area contributed by atoms with E-state index >= 15 is 0 Å². The van der Waals surface area contributed by atoms with Crippen molar-refractivity contribution in [2.45, 2.75) is 44.8 Å². The summed E-state index contributed by atoms with van der Waals surface area (Å²) in [5, 5.41) is 6.16. The Kier molecular flexibility index (Phi) is 6.67. The number of aryl methyl sites for hydroxylation is 1. The summed E-state index contributed by atoms with van der Waals surface area (Å²) in [6.45, 7) is 4.71. The molecule has 2 aliphatic heterocycles. The molecule has 1 aromatic rings. The maximum absolute atomic E-state index is 13.6. The van der Waals surface area contributed by atoms with Crippen LogP contribution in [0.25, 0.3) is 0 Å². The Balaban J connectivity index is 1.49. The van der Waals surface area contributed by atoms with Gasteiger partial charge < -0.3 is 20.3 Å². The fourth-order valence-corrected chi connectivity index (χ4v) is 4.05. The normalized spacial score (nSPS) is 20.0. The molecule has 0 bridgehead atoms. The lowest BCUT2D eigenvalue weighted by Gasteiger charge is -2.41. The van der Waals surface area contributed by atoms with E-state index < -0.39 is 5.60 Å². The third-order valence-electron chi connectivity index (χ3n) is 6.05. The van der Waals surface area contributed by atoms with E-state index in [1.807, 2.05) is 11.0 Å². The van der Waals surface area contributed by atoms with Gasteiger partial charge in [0.05, 0.1) is 0 Å². The molecule has 2 heterocycles. The Morgan fingerprint density at radius 2 is 1.96 bits per heavy atom. The Morgan fingerprint density at radius 1 is 1.29 bits per heavy atom. The summed E-state index contributed by atoms with van der Waals surface area (Å²) < 4.78 is 19.3. The molecule has 1 aromatic carbocycles. The number of amides is 2. The lowest BCUT2D eigenvalue weighted by atomic mass is 9.88. The molecule has 0 radical (unpaired) electrons. The van der Waals surface area contributed by atoms with Crippen LogP contribution >= 0.6 is 0 Å². The van der Waals surface area contributed by atoms with E-state index in [2.05, 4.69) is 10.6 Å². The molecular weight excluding hydrogens is 361 g/mol. The van der Waals surface area contributed by atoms with E-state index in [9.17, 15) is 14.0 Å². The van der Waals surface area contributed by atoms with E-state index in [1.54, 1.807) is 20.1 Å². The number of rotatable bonds is 5. The third kappa shape index (κ3) is 4.52. The third-order valence-corrected chi connectivity index (χ3v) is 6.05. The Bertz CT molecular complexity index is 711. The van der Waals surface area contributed by atoms with Crippen LogP contribution in [0.1, 0.15) is 36.8 Å². The number of nitrogens with zero attached hydrogens (tertiary/aromatic N) is 1. The van der Waals surface area contributed by atoms with Crippen LogP contribution in [-0.4, -0.2) is 55.6 Å². The van der Waals surface area contributed by atoms with E-state index in [0.717, 1.165) is 18.7 Å². The van der Waals surface area contributed by atoms with Gasteiger partial charge in [0.25, 0.3) is 5.91 Å². The summed E-state index contributed by atoms with van der Waals surface area (Å²) in [7, 11) is 1.61. The van der Waals surface area contributed by atoms with Gasteiger partial charge in [-0.1, -0.05) is 12.1 Å². The van der Waals surface area contributed by atoms with E-state index in [1.165, 1.54) is 6.07 Å². The van der Waals surface area contributed by atoms with Crippen molar-refractivity contribution in [2.75, 3.05) is 33.3 Å². The first-order valence-electron chi connectivity index (χ1n) is 10.0. The number of halogens is 1. The standard InChI is InChI=1S/C21H30FN3O3/c1-15-3-4-16(13-18(15)22)14-24-19(26)17-5-11-25(12-6-17)20(27)21(28-2)7-9-23-10-8-21/h3-4,13,17,23H,5-12,14H2,1-2H3,(H,24,26). The van der Waals surface area contributed by atoms with E-state index in [-0.39, 0.29) is 23.5 Å². The van der Waals surface area contributed by atoms with Crippen LogP contribution in [0.2, 0.25) is 0 Å². The van der Waals surface area contributed by atoms with Gasteiger partial charge in [-0.2, -0.15) is 0 Å². The lowest BCUT2D eigenvalue weighted by molar-refractivity contribution is -0.160. The molecule has 0 aromatic heterocycles. The predicted octanol–water partition coefficient (Wildman–Crippen LogP) is 1.76. The number of carbonyl (C=O) groups is 2. The number of nitrogens with one attached hydrogen (secondary N) is 2. The van der Waals surface area contributed by atoms with Crippen LogP contribution in [0.4, 0.5) is 4.39 Å². The highest BCUT2D eigenvalue weighted by atomic mass is 19.1. The van der Waals surface area contributed by atoms with Crippen molar-refractivity contribution in [3.63, 3.8) is 0 Å². The first-order chi connectivity index (χ1) is 13.4. The van der Waals surface area contributed by atoms with Gasteiger partial charge in [-0.25, -0.2) is 4.39 Å². The molecule has 2 aliphatic rings. The Labute approximate surface area is 165 Å². The lowest BCUT2D eigenvalue weighted by Crippen LogP contribution is -2.57. The zero-order valence-electron chi connectivity index (χ0n) is 16.7. The molecule has 2 fully saturated rings. The monoisotopic (exact) mass is 391 g/mol. The Hall–Kier alpha value is -1.99. The van der Waals surface area contributed by atoms with Crippen molar-refractivity contribution < 1.29 is 18.7 Å². The van der Waals surface area contributed by atoms with Crippen molar-refractivity contribution in [1.82, 2.24) is 15.5 Å². The quantitative estimate of drug-likeness (QED) is 0.802. The van der Waals surface area contributed by atoms with E-state index in [4.69, 9.17) is 4.74 Å². The second-order valence-corrected chi connectivity index (χ2v) is 7.82. The van der Waals surface area contributed by atoms with Gasteiger partial charge in [-0.05, 0) is 62.9 Å². The molecule has 7 heteroatoms. The van der Waals surface area contributed by atoms with Gasteiger partial charge in [0, 0.05) is 32.7 Å². The molecule has 0 spiro atoms. The number of piperidine rings is 2. The molecule has 0 saturated carbocycles. The fraction of sp³-hybridized carbons (Fsp3) is 0.619. The van der Waals surface area contributed by atoms with Crippen LogP contribution < -0.4 is 10.6 Å². The van der Waals surface area contributed by atoms with Crippen molar-refractivity contribution in [1.29, 1.82) is 0 Å². The molecule has 3 rings (SSSR count). The van der Waals surface area contributed by atoms with Gasteiger partial charge >= 0.3 is 0 Å². The van der Waals surface area contributed by atoms with Crippen LogP contribution in [0, 0.1) is 18.7 Å². The zero-order chi connectivity index (χ0) is 20.1. The summed E-state index contributed by atoms with van der Waals surface area (Å²) in [6, 6.07) is 5.00. The fourth-order valence-electron chi connectivity index (χ4n) is 4.05. The molecule has 2 N–H and O–H groups in total. The smallest absolute Gasteiger partial charge is 0.254 e. The molecule has 6 nitrogen and oxygen atoms in total. The number of likely N-dealkylation sites (tertiary alicyclic amines) is 1. The maximum Gasteiger partial charge on any atom is 0.254 e. The average molecular weight is 391 g/mol. The summed E-state index contributed by atoms with van der Waals surface area (Å²) >= 11 is 0. The van der Waals surface area contributed by atoms with Crippen LogP contribution in [0.3, 0.4) is 0 Å². The molecular formula is C21H30FN3O3. The molecule has 0 aliphatic carbocycles. The topological polar surface area (TPSA) is 70.7 Å². The number of carbonyl (C=O) groups excluding carboxylic acids is 2. The number of methoxy groups -OCH3 is 1.